The highest BCUT2D eigenvalue weighted by atomic mass is 35.5. The van der Waals surface area contributed by atoms with Crippen LogP contribution in [0.3, 0.4) is 0 Å². The zero-order valence-electron chi connectivity index (χ0n) is 14.4. The summed E-state index contributed by atoms with van der Waals surface area (Å²) in [4.78, 5) is 12.8. The molecule has 1 heterocycles. The summed E-state index contributed by atoms with van der Waals surface area (Å²) in [7, 11) is 1.90. The van der Waals surface area contributed by atoms with E-state index in [0.717, 1.165) is 30.4 Å². The van der Waals surface area contributed by atoms with Crippen LogP contribution in [0.1, 0.15) is 50.2 Å². The first kappa shape index (κ1) is 17.0. The van der Waals surface area contributed by atoms with Crippen LogP contribution in [0.25, 0.3) is 0 Å². The maximum absolute atomic E-state index is 12.8. The molecule has 5 heteroatoms. The topological polar surface area (TPSA) is 46.9 Å². The lowest BCUT2D eigenvalue weighted by molar-refractivity contribution is -0.124. The lowest BCUT2D eigenvalue weighted by Crippen LogP contribution is -2.45. The third-order valence-corrected chi connectivity index (χ3v) is 5.50. The first-order chi connectivity index (χ1) is 11.5. The fraction of sp³-hybridized carbons (Fsp3) is 0.474. The van der Waals surface area contributed by atoms with E-state index >= 15 is 0 Å². The number of nitrogens with one attached hydrogen (secondary N) is 1. The van der Waals surface area contributed by atoms with Gasteiger partial charge in [0.25, 0.3) is 0 Å². The maximum Gasteiger partial charge on any atom is 0.224 e. The van der Waals surface area contributed by atoms with Gasteiger partial charge in [0, 0.05) is 24.2 Å². The number of aryl methyl sites for hydroxylation is 1. The quantitative estimate of drug-likeness (QED) is 0.859. The molecule has 24 heavy (non-hydrogen) atoms. The van der Waals surface area contributed by atoms with Gasteiger partial charge in [0.1, 0.15) is 0 Å². The average molecular weight is 346 g/mol. The largest absolute Gasteiger partial charge is 0.346 e. The van der Waals surface area contributed by atoms with Crippen molar-refractivity contribution in [1.82, 2.24) is 15.1 Å². The molecule has 1 fully saturated rings. The molecule has 0 bridgehead atoms. The summed E-state index contributed by atoms with van der Waals surface area (Å²) < 4.78 is 1.79. The minimum absolute atomic E-state index is 0.0546. The smallest absolute Gasteiger partial charge is 0.224 e. The van der Waals surface area contributed by atoms with Crippen molar-refractivity contribution < 1.29 is 4.79 Å². The Morgan fingerprint density at radius 3 is 2.54 bits per heavy atom. The zero-order valence-corrected chi connectivity index (χ0v) is 15.2. The number of carbonyl (C=O) groups excluding carboxylic acids is 1. The summed E-state index contributed by atoms with van der Waals surface area (Å²) in [6, 6.07) is 7.81. The second kappa shape index (κ2) is 6.60. The van der Waals surface area contributed by atoms with Crippen molar-refractivity contribution >= 4 is 17.5 Å². The second-order valence-corrected chi connectivity index (χ2v) is 7.12. The van der Waals surface area contributed by atoms with E-state index in [1.165, 1.54) is 0 Å². The van der Waals surface area contributed by atoms with Crippen LogP contribution >= 0.6 is 11.6 Å². The van der Waals surface area contributed by atoms with Gasteiger partial charge in [0.05, 0.1) is 11.7 Å². The molecule has 2 atom stereocenters. The summed E-state index contributed by atoms with van der Waals surface area (Å²) >= 11 is 6.01. The van der Waals surface area contributed by atoms with Gasteiger partial charge in [-0.25, -0.2) is 0 Å². The normalized spacial score (nSPS) is 20.0. The monoisotopic (exact) mass is 345 g/mol. The fourth-order valence-electron chi connectivity index (χ4n) is 3.49. The molecule has 1 aromatic carbocycles. The van der Waals surface area contributed by atoms with E-state index < -0.39 is 0 Å². The minimum Gasteiger partial charge on any atom is -0.346 e. The molecule has 2 aromatic rings. The van der Waals surface area contributed by atoms with Crippen LogP contribution in [0, 0.1) is 5.92 Å². The van der Waals surface area contributed by atoms with E-state index in [2.05, 4.69) is 24.3 Å². The van der Waals surface area contributed by atoms with Gasteiger partial charge in [-0.2, -0.15) is 5.10 Å². The van der Waals surface area contributed by atoms with E-state index in [9.17, 15) is 4.79 Å². The van der Waals surface area contributed by atoms with Crippen molar-refractivity contribution in [2.24, 2.45) is 13.0 Å². The molecule has 1 aromatic heterocycles. The highest BCUT2D eigenvalue weighted by molar-refractivity contribution is 6.30. The summed E-state index contributed by atoms with van der Waals surface area (Å²) in [5, 5.41) is 8.24. The summed E-state index contributed by atoms with van der Waals surface area (Å²) in [6.45, 7) is 4.23. The van der Waals surface area contributed by atoms with Crippen molar-refractivity contribution in [1.29, 1.82) is 0 Å². The van der Waals surface area contributed by atoms with Gasteiger partial charge >= 0.3 is 0 Å². The summed E-state index contributed by atoms with van der Waals surface area (Å²) in [6.07, 6.45) is 6.47. The van der Waals surface area contributed by atoms with Gasteiger partial charge < -0.3 is 5.32 Å². The number of halogens is 1. The van der Waals surface area contributed by atoms with Gasteiger partial charge in [-0.1, -0.05) is 37.6 Å². The second-order valence-electron chi connectivity index (χ2n) is 6.68. The van der Waals surface area contributed by atoms with Crippen LogP contribution in [0.15, 0.2) is 36.7 Å². The summed E-state index contributed by atoms with van der Waals surface area (Å²) in [5.74, 6) is 0.497. The molecule has 1 amide bonds. The van der Waals surface area contributed by atoms with E-state index in [-0.39, 0.29) is 17.4 Å². The van der Waals surface area contributed by atoms with Gasteiger partial charge in [-0.05, 0) is 48.4 Å². The third-order valence-electron chi connectivity index (χ3n) is 5.25. The first-order valence-electron chi connectivity index (χ1n) is 8.55. The number of hydrogen-bond donors (Lipinski definition) is 1. The Bertz CT molecular complexity index is 718. The lowest BCUT2D eigenvalue weighted by Gasteiger charge is -2.34. The number of aromatic nitrogens is 2. The lowest BCUT2D eigenvalue weighted by atomic mass is 9.84. The van der Waals surface area contributed by atoms with Crippen molar-refractivity contribution in [2.75, 3.05) is 0 Å². The molecule has 0 spiro atoms. The molecule has 1 N–H and O–H groups in total. The molecular weight excluding hydrogens is 322 g/mol. The molecule has 1 aliphatic rings. The van der Waals surface area contributed by atoms with Gasteiger partial charge in [-0.15, -0.1) is 0 Å². The number of hydrogen-bond acceptors (Lipinski definition) is 2. The third kappa shape index (κ3) is 3.20. The fourth-order valence-corrected chi connectivity index (χ4v) is 3.62. The molecular formula is C19H24ClN3O. The number of rotatable bonds is 6. The Morgan fingerprint density at radius 1 is 1.33 bits per heavy atom. The Balaban J connectivity index is 1.74. The first-order valence-corrected chi connectivity index (χ1v) is 8.93. The van der Waals surface area contributed by atoms with E-state index in [4.69, 9.17) is 11.6 Å². The van der Waals surface area contributed by atoms with Crippen LogP contribution in [0.2, 0.25) is 5.02 Å². The Kier molecular flexibility index (Phi) is 4.68. The minimum atomic E-state index is -0.330. The van der Waals surface area contributed by atoms with Crippen LogP contribution < -0.4 is 5.32 Å². The maximum atomic E-state index is 12.8. The van der Waals surface area contributed by atoms with Gasteiger partial charge in [-0.3, -0.25) is 9.48 Å². The molecule has 1 saturated carbocycles. The average Bonchev–Trinajstić information content (AvgIpc) is 3.28. The molecule has 0 saturated heterocycles. The SMILES string of the molecule is CCC(CC)(NC(=O)[C@H]1C[C@@H]1c1cnn(C)c1)c1ccc(Cl)cc1. The summed E-state index contributed by atoms with van der Waals surface area (Å²) in [5.41, 5.74) is 1.94. The standard InChI is InChI=1S/C19H24ClN3O/c1-4-19(5-2,14-6-8-15(20)9-7-14)22-18(24)17-10-16(17)13-11-21-23(3)12-13/h6-9,11-12,16-17H,4-5,10H2,1-3H3,(H,22,24)/t16-,17+/m1/s1. The number of nitrogens with zero attached hydrogens (tertiary/aromatic N) is 2. The van der Waals surface area contributed by atoms with Gasteiger partial charge in [0.15, 0.2) is 0 Å². The number of benzene rings is 1. The van der Waals surface area contributed by atoms with Gasteiger partial charge in [0.2, 0.25) is 5.91 Å². The number of amides is 1. The molecule has 0 unspecified atom stereocenters. The van der Waals surface area contributed by atoms with Crippen molar-refractivity contribution in [2.45, 2.75) is 44.6 Å². The predicted octanol–water partition coefficient (Wildman–Crippen LogP) is 4.01. The van der Waals surface area contributed by atoms with E-state index in [0.29, 0.717) is 10.9 Å². The molecule has 3 rings (SSSR count). The predicted molar refractivity (Wildman–Crippen MR) is 95.9 cm³/mol. The van der Waals surface area contributed by atoms with E-state index in [1.807, 2.05) is 43.7 Å². The van der Waals surface area contributed by atoms with Crippen molar-refractivity contribution in [3.8, 4) is 0 Å². The Hall–Kier alpha value is -1.81. The molecule has 4 nitrogen and oxygen atoms in total. The van der Waals surface area contributed by atoms with E-state index in [1.54, 1.807) is 4.68 Å². The van der Waals surface area contributed by atoms with Crippen molar-refractivity contribution in [3.05, 3.63) is 52.8 Å². The highest BCUT2D eigenvalue weighted by Gasteiger charge is 2.46. The van der Waals surface area contributed by atoms with Crippen LogP contribution in [-0.4, -0.2) is 15.7 Å². The van der Waals surface area contributed by atoms with Crippen molar-refractivity contribution in [3.63, 3.8) is 0 Å². The molecule has 1 aliphatic carbocycles. The zero-order chi connectivity index (χ0) is 17.3. The molecule has 0 radical (unpaired) electrons. The Morgan fingerprint density at radius 2 is 2.00 bits per heavy atom. The number of carbonyl (C=O) groups is 1. The Labute approximate surface area is 148 Å². The van der Waals surface area contributed by atoms with Crippen LogP contribution in [-0.2, 0) is 17.4 Å². The molecule has 128 valence electrons. The van der Waals surface area contributed by atoms with Crippen LogP contribution in [0.4, 0.5) is 0 Å². The highest BCUT2D eigenvalue weighted by Crippen LogP contribution is 2.48. The molecule has 0 aliphatic heterocycles. The van der Waals surface area contributed by atoms with Crippen LogP contribution in [0.5, 0.6) is 0 Å².